The van der Waals surface area contributed by atoms with Crippen molar-refractivity contribution in [2.75, 3.05) is 6.61 Å². The van der Waals surface area contributed by atoms with Crippen LogP contribution < -0.4 is 0 Å². The highest BCUT2D eigenvalue weighted by atomic mass is 16.5. The van der Waals surface area contributed by atoms with Crippen LogP contribution in [0.2, 0.25) is 0 Å². The molecule has 0 aliphatic carbocycles. The van der Waals surface area contributed by atoms with E-state index >= 15 is 0 Å². The molecule has 2 heterocycles. The van der Waals surface area contributed by atoms with Gasteiger partial charge < -0.3 is 14.4 Å². The van der Waals surface area contributed by atoms with E-state index < -0.39 is 5.97 Å². The van der Waals surface area contributed by atoms with Crippen LogP contribution in [-0.4, -0.2) is 28.4 Å². The average Bonchev–Trinajstić information content (AvgIpc) is 2.85. The molecule has 0 bridgehead atoms. The van der Waals surface area contributed by atoms with Gasteiger partial charge in [-0.25, -0.2) is 0 Å². The zero-order chi connectivity index (χ0) is 14.7. The van der Waals surface area contributed by atoms with Crippen LogP contribution in [0.15, 0.2) is 30.5 Å². The highest BCUT2D eigenvalue weighted by Crippen LogP contribution is 2.24. The first kappa shape index (κ1) is 14.1. The van der Waals surface area contributed by atoms with Gasteiger partial charge in [0.2, 0.25) is 0 Å². The third-order valence-corrected chi connectivity index (χ3v) is 4.15. The van der Waals surface area contributed by atoms with Crippen LogP contribution in [0.5, 0.6) is 0 Å². The number of nitrogens with zero attached hydrogens (tertiary/aromatic N) is 1. The van der Waals surface area contributed by atoms with Gasteiger partial charge in [0.05, 0.1) is 6.10 Å². The summed E-state index contributed by atoms with van der Waals surface area (Å²) in [5.74, 6) is -0.748. The van der Waals surface area contributed by atoms with Gasteiger partial charge in [-0.1, -0.05) is 18.2 Å². The van der Waals surface area contributed by atoms with Gasteiger partial charge in [-0.2, -0.15) is 0 Å². The Bertz CT molecular complexity index is 626. The topological polar surface area (TPSA) is 51.5 Å². The number of carboxylic acids is 1. The van der Waals surface area contributed by atoms with Crippen molar-refractivity contribution in [3.63, 3.8) is 0 Å². The van der Waals surface area contributed by atoms with Crippen molar-refractivity contribution in [2.45, 2.75) is 44.8 Å². The number of para-hydroxylation sites is 1. The molecule has 3 rings (SSSR count). The zero-order valence-corrected chi connectivity index (χ0v) is 12.1. The number of carboxylic acid groups (broad SMARTS) is 1. The number of fused-ring (bicyclic) bond motifs is 1. The summed E-state index contributed by atoms with van der Waals surface area (Å²) in [6, 6.07) is 8.21. The predicted octanol–water partition coefficient (Wildman–Crippen LogP) is 3.23. The molecule has 21 heavy (non-hydrogen) atoms. The summed E-state index contributed by atoms with van der Waals surface area (Å²) in [6.45, 7) is 1.71. The normalized spacial score (nSPS) is 19.0. The number of rotatable bonds is 5. The predicted molar refractivity (Wildman–Crippen MR) is 81.5 cm³/mol. The Balaban J connectivity index is 1.85. The maximum Gasteiger partial charge on any atom is 0.303 e. The van der Waals surface area contributed by atoms with Crippen molar-refractivity contribution in [2.24, 2.45) is 0 Å². The lowest BCUT2D eigenvalue weighted by atomic mass is 10.1. The molecule has 112 valence electrons. The maximum absolute atomic E-state index is 10.8. The first-order chi connectivity index (χ1) is 10.2. The van der Waals surface area contributed by atoms with Crippen molar-refractivity contribution >= 4 is 16.9 Å². The maximum atomic E-state index is 10.8. The van der Waals surface area contributed by atoms with E-state index in [1.54, 1.807) is 0 Å². The van der Waals surface area contributed by atoms with E-state index in [2.05, 4.69) is 22.9 Å². The highest BCUT2D eigenvalue weighted by molar-refractivity contribution is 5.84. The number of hydrogen-bond donors (Lipinski definition) is 1. The summed E-state index contributed by atoms with van der Waals surface area (Å²) in [6.07, 6.45) is 6.63. The molecule has 0 saturated carbocycles. The van der Waals surface area contributed by atoms with Crippen molar-refractivity contribution in [3.8, 4) is 0 Å². The van der Waals surface area contributed by atoms with E-state index in [4.69, 9.17) is 9.84 Å². The first-order valence-corrected chi connectivity index (χ1v) is 7.64. The minimum atomic E-state index is -0.748. The standard InChI is InChI=1S/C17H21NO3/c19-17(20)9-8-13-11-18(12-14-5-3-4-10-21-14)16-7-2-1-6-15(13)16/h1-2,6-7,11,14H,3-5,8-10,12H2,(H,19,20). The molecule has 4 heteroatoms. The van der Waals surface area contributed by atoms with Crippen LogP contribution >= 0.6 is 0 Å². The van der Waals surface area contributed by atoms with E-state index in [1.165, 1.54) is 11.9 Å². The molecule has 1 N–H and O–H groups in total. The van der Waals surface area contributed by atoms with E-state index in [-0.39, 0.29) is 12.5 Å². The fraction of sp³-hybridized carbons (Fsp3) is 0.471. The lowest BCUT2D eigenvalue weighted by Gasteiger charge is -2.23. The molecule has 4 nitrogen and oxygen atoms in total. The molecule has 1 fully saturated rings. The van der Waals surface area contributed by atoms with Gasteiger partial charge in [0.1, 0.15) is 0 Å². The molecule has 2 aromatic rings. The summed E-state index contributed by atoms with van der Waals surface area (Å²) in [5.41, 5.74) is 2.29. The minimum Gasteiger partial charge on any atom is -0.481 e. The zero-order valence-electron chi connectivity index (χ0n) is 12.1. The van der Waals surface area contributed by atoms with Gasteiger partial charge >= 0.3 is 5.97 Å². The second-order valence-electron chi connectivity index (χ2n) is 5.71. The molecule has 1 saturated heterocycles. The molecule has 1 unspecified atom stereocenters. The molecular weight excluding hydrogens is 266 g/mol. The number of carbonyl (C=O) groups is 1. The number of benzene rings is 1. The molecule has 0 radical (unpaired) electrons. The lowest BCUT2D eigenvalue weighted by Crippen LogP contribution is -2.24. The van der Waals surface area contributed by atoms with Crippen LogP contribution in [0.4, 0.5) is 0 Å². The van der Waals surface area contributed by atoms with Gasteiger partial charge in [0.25, 0.3) is 0 Å². The Morgan fingerprint density at radius 2 is 2.19 bits per heavy atom. The van der Waals surface area contributed by atoms with Crippen LogP contribution in [-0.2, 0) is 22.5 Å². The first-order valence-electron chi connectivity index (χ1n) is 7.64. The van der Waals surface area contributed by atoms with Gasteiger partial charge in [-0.3, -0.25) is 4.79 Å². The molecule has 1 aromatic heterocycles. The van der Waals surface area contributed by atoms with E-state index in [9.17, 15) is 4.79 Å². The molecule has 1 atom stereocenters. The fourth-order valence-electron chi connectivity index (χ4n) is 3.09. The van der Waals surface area contributed by atoms with Crippen molar-refractivity contribution in [3.05, 3.63) is 36.0 Å². The van der Waals surface area contributed by atoms with Gasteiger partial charge in [-0.15, -0.1) is 0 Å². The molecular formula is C17H21NO3. The number of aryl methyl sites for hydroxylation is 1. The third-order valence-electron chi connectivity index (χ3n) is 4.15. The van der Waals surface area contributed by atoms with Crippen molar-refractivity contribution in [1.82, 2.24) is 4.57 Å². The van der Waals surface area contributed by atoms with Gasteiger partial charge in [-0.05, 0) is 37.3 Å². The molecule has 1 aliphatic rings. The monoisotopic (exact) mass is 287 g/mol. The largest absolute Gasteiger partial charge is 0.481 e. The Morgan fingerprint density at radius 1 is 1.33 bits per heavy atom. The summed E-state index contributed by atoms with van der Waals surface area (Å²) < 4.78 is 8.05. The molecule has 0 amide bonds. The lowest BCUT2D eigenvalue weighted by molar-refractivity contribution is -0.136. The minimum absolute atomic E-state index is 0.175. The quantitative estimate of drug-likeness (QED) is 0.918. The Labute approximate surface area is 124 Å². The highest BCUT2D eigenvalue weighted by Gasteiger charge is 2.16. The van der Waals surface area contributed by atoms with Crippen LogP contribution in [0.1, 0.15) is 31.2 Å². The molecule has 1 aromatic carbocycles. The van der Waals surface area contributed by atoms with Crippen molar-refractivity contribution in [1.29, 1.82) is 0 Å². The second kappa shape index (κ2) is 6.31. The second-order valence-corrected chi connectivity index (χ2v) is 5.71. The summed E-state index contributed by atoms with van der Waals surface area (Å²) >= 11 is 0. The van der Waals surface area contributed by atoms with E-state index in [0.29, 0.717) is 6.42 Å². The number of aliphatic carboxylic acids is 1. The smallest absolute Gasteiger partial charge is 0.303 e. The Morgan fingerprint density at radius 3 is 2.95 bits per heavy atom. The molecule has 0 spiro atoms. The summed E-state index contributed by atoms with van der Waals surface area (Å²) in [4.78, 5) is 10.8. The summed E-state index contributed by atoms with van der Waals surface area (Å²) in [5, 5.41) is 10.0. The van der Waals surface area contributed by atoms with Crippen molar-refractivity contribution < 1.29 is 14.6 Å². The number of hydrogen-bond acceptors (Lipinski definition) is 2. The van der Waals surface area contributed by atoms with E-state index in [1.807, 2.05) is 12.1 Å². The van der Waals surface area contributed by atoms with Gasteiger partial charge in [0, 0.05) is 36.7 Å². The molecule has 1 aliphatic heterocycles. The number of aromatic nitrogens is 1. The SMILES string of the molecule is O=C(O)CCc1cn(CC2CCCCO2)c2ccccc12. The van der Waals surface area contributed by atoms with Crippen LogP contribution in [0.3, 0.4) is 0 Å². The summed E-state index contributed by atoms with van der Waals surface area (Å²) in [7, 11) is 0. The van der Waals surface area contributed by atoms with Gasteiger partial charge in [0.15, 0.2) is 0 Å². The van der Waals surface area contributed by atoms with Crippen LogP contribution in [0, 0.1) is 0 Å². The third kappa shape index (κ3) is 3.27. The Hall–Kier alpha value is -1.81. The number of ether oxygens (including phenoxy) is 1. The average molecular weight is 287 g/mol. The Kier molecular flexibility index (Phi) is 4.25. The van der Waals surface area contributed by atoms with E-state index in [0.717, 1.165) is 36.9 Å². The fourth-order valence-corrected chi connectivity index (χ4v) is 3.09. The van der Waals surface area contributed by atoms with Crippen LogP contribution in [0.25, 0.3) is 10.9 Å².